The van der Waals surface area contributed by atoms with Crippen LogP contribution in [-0.4, -0.2) is 17.6 Å². The number of carbonyl (C=O) groups excluding carboxylic acids is 1. The molecule has 0 N–H and O–H groups in total. The third-order valence-corrected chi connectivity index (χ3v) is 5.30. The number of carbonyl (C=O) groups is 1. The van der Waals surface area contributed by atoms with Crippen molar-refractivity contribution in [3.8, 4) is 5.75 Å². The summed E-state index contributed by atoms with van der Waals surface area (Å²) < 4.78 is 12.0. The Kier molecular flexibility index (Phi) is 6.88. The lowest BCUT2D eigenvalue weighted by atomic mass is 10.1. The number of ether oxygens (including phenoxy) is 2. The van der Waals surface area contributed by atoms with E-state index in [1.807, 2.05) is 42.5 Å². The van der Waals surface area contributed by atoms with Crippen LogP contribution in [0.25, 0.3) is 0 Å². The van der Waals surface area contributed by atoms with E-state index in [4.69, 9.17) is 21.1 Å². The van der Waals surface area contributed by atoms with Gasteiger partial charge in [-0.15, -0.1) is 11.3 Å². The quantitative estimate of drug-likeness (QED) is 0.406. The number of aromatic nitrogens is 1. The molecule has 3 rings (SSSR count). The Morgan fingerprint density at radius 3 is 2.74 bits per heavy atom. The molecule has 0 atom stereocenters. The summed E-state index contributed by atoms with van der Waals surface area (Å²) in [6.07, 6.45) is 0.569. The predicted molar refractivity (Wildman–Crippen MR) is 111 cm³/mol. The van der Waals surface area contributed by atoms with Crippen molar-refractivity contribution in [1.29, 1.82) is 0 Å². The van der Waals surface area contributed by atoms with Gasteiger partial charge in [-0.3, -0.25) is 0 Å². The standard InChI is InChI=1S/C20H17BrClNO3S/c1-2-25-20(24)17-12-27-19(23-17)10-14-9-15(21)5-8-18(14)26-11-13-3-6-16(22)7-4-13/h3-9,12H,2,10-11H2,1H3. The second-order valence-electron chi connectivity index (χ2n) is 5.69. The summed E-state index contributed by atoms with van der Waals surface area (Å²) in [6, 6.07) is 13.4. The minimum Gasteiger partial charge on any atom is -0.489 e. The number of benzene rings is 2. The molecule has 3 aromatic rings. The maximum atomic E-state index is 11.8. The summed E-state index contributed by atoms with van der Waals surface area (Å²) >= 11 is 10.9. The molecule has 1 heterocycles. The van der Waals surface area contributed by atoms with Gasteiger partial charge in [-0.1, -0.05) is 39.7 Å². The highest BCUT2D eigenvalue weighted by molar-refractivity contribution is 9.10. The van der Waals surface area contributed by atoms with Crippen molar-refractivity contribution in [3.63, 3.8) is 0 Å². The zero-order chi connectivity index (χ0) is 19.2. The Bertz CT molecular complexity index is 927. The summed E-state index contributed by atoms with van der Waals surface area (Å²) in [7, 11) is 0. The summed E-state index contributed by atoms with van der Waals surface area (Å²) in [4.78, 5) is 16.2. The van der Waals surface area contributed by atoms with Crippen LogP contribution in [0.5, 0.6) is 5.75 Å². The molecule has 0 aliphatic carbocycles. The normalized spacial score (nSPS) is 10.6. The third kappa shape index (κ3) is 5.54. The highest BCUT2D eigenvalue weighted by Gasteiger charge is 2.14. The maximum Gasteiger partial charge on any atom is 0.357 e. The SMILES string of the molecule is CCOC(=O)c1csc(Cc2cc(Br)ccc2OCc2ccc(Cl)cc2)n1. The molecule has 0 fully saturated rings. The van der Waals surface area contributed by atoms with Crippen molar-refractivity contribution in [2.75, 3.05) is 6.61 Å². The fourth-order valence-corrected chi connectivity index (χ4v) is 3.74. The van der Waals surface area contributed by atoms with Gasteiger partial charge in [0.1, 0.15) is 12.4 Å². The Balaban J connectivity index is 1.74. The topological polar surface area (TPSA) is 48.4 Å². The van der Waals surface area contributed by atoms with Crippen molar-refractivity contribution in [1.82, 2.24) is 4.98 Å². The number of halogens is 2. The fourth-order valence-electron chi connectivity index (χ4n) is 2.42. The fraction of sp³-hybridized carbons (Fsp3) is 0.200. The molecule has 0 amide bonds. The molecule has 0 radical (unpaired) electrons. The van der Waals surface area contributed by atoms with Gasteiger partial charge in [0.2, 0.25) is 0 Å². The monoisotopic (exact) mass is 465 g/mol. The highest BCUT2D eigenvalue weighted by atomic mass is 79.9. The van der Waals surface area contributed by atoms with Crippen LogP contribution in [0.3, 0.4) is 0 Å². The molecule has 2 aromatic carbocycles. The van der Waals surface area contributed by atoms with Gasteiger partial charge in [0.05, 0.1) is 11.6 Å². The van der Waals surface area contributed by atoms with Gasteiger partial charge in [0, 0.05) is 26.9 Å². The Morgan fingerprint density at radius 1 is 1.22 bits per heavy atom. The van der Waals surface area contributed by atoms with Crippen LogP contribution in [0.4, 0.5) is 0 Å². The molecule has 27 heavy (non-hydrogen) atoms. The molecule has 0 aliphatic rings. The summed E-state index contributed by atoms with van der Waals surface area (Å²) in [5, 5.41) is 3.25. The Morgan fingerprint density at radius 2 is 2.00 bits per heavy atom. The molecular formula is C20H17BrClNO3S. The van der Waals surface area contributed by atoms with Crippen LogP contribution in [0.15, 0.2) is 52.3 Å². The van der Waals surface area contributed by atoms with Crippen molar-refractivity contribution >= 4 is 44.8 Å². The second kappa shape index (κ2) is 9.35. The summed E-state index contributed by atoms with van der Waals surface area (Å²) in [6.45, 7) is 2.55. The van der Waals surface area contributed by atoms with Gasteiger partial charge in [-0.05, 0) is 42.8 Å². The number of hydrogen-bond donors (Lipinski definition) is 0. The maximum absolute atomic E-state index is 11.8. The van der Waals surface area contributed by atoms with Crippen LogP contribution >= 0.6 is 38.9 Å². The van der Waals surface area contributed by atoms with Gasteiger partial charge in [-0.2, -0.15) is 0 Å². The largest absolute Gasteiger partial charge is 0.489 e. The van der Waals surface area contributed by atoms with Crippen LogP contribution in [0, 0.1) is 0 Å². The minimum atomic E-state index is -0.395. The molecule has 1 aromatic heterocycles. The number of esters is 1. The van der Waals surface area contributed by atoms with E-state index in [1.165, 1.54) is 11.3 Å². The molecule has 140 valence electrons. The molecule has 4 nitrogen and oxygen atoms in total. The van der Waals surface area contributed by atoms with Gasteiger partial charge in [-0.25, -0.2) is 9.78 Å². The molecule has 0 saturated carbocycles. The van der Waals surface area contributed by atoms with E-state index < -0.39 is 5.97 Å². The average Bonchev–Trinajstić information content (AvgIpc) is 3.11. The van der Waals surface area contributed by atoms with Gasteiger partial charge >= 0.3 is 5.97 Å². The van der Waals surface area contributed by atoms with Crippen molar-refractivity contribution in [2.45, 2.75) is 20.0 Å². The van der Waals surface area contributed by atoms with E-state index in [0.29, 0.717) is 30.4 Å². The van der Waals surface area contributed by atoms with E-state index in [1.54, 1.807) is 12.3 Å². The number of hydrogen-bond acceptors (Lipinski definition) is 5. The van der Waals surface area contributed by atoms with Gasteiger partial charge in [0.15, 0.2) is 5.69 Å². The molecule has 0 saturated heterocycles. The lowest BCUT2D eigenvalue weighted by molar-refractivity contribution is 0.0520. The second-order valence-corrected chi connectivity index (χ2v) is 7.99. The third-order valence-electron chi connectivity index (χ3n) is 3.71. The first-order valence-electron chi connectivity index (χ1n) is 8.32. The molecule has 7 heteroatoms. The number of nitrogens with zero attached hydrogens (tertiary/aromatic N) is 1. The van der Waals surface area contributed by atoms with E-state index in [-0.39, 0.29) is 0 Å². The predicted octanol–water partition coefficient (Wildman–Crippen LogP) is 5.91. The lowest BCUT2D eigenvalue weighted by Crippen LogP contribution is -2.05. The average molecular weight is 467 g/mol. The van der Waals surface area contributed by atoms with Crippen molar-refractivity contribution in [2.24, 2.45) is 0 Å². The zero-order valence-corrected chi connectivity index (χ0v) is 17.7. The van der Waals surface area contributed by atoms with E-state index in [0.717, 1.165) is 26.4 Å². The van der Waals surface area contributed by atoms with Gasteiger partial charge in [0.25, 0.3) is 0 Å². The minimum absolute atomic E-state index is 0.333. The molecule has 0 bridgehead atoms. The molecular weight excluding hydrogens is 450 g/mol. The molecule has 0 spiro atoms. The van der Waals surface area contributed by atoms with Crippen LogP contribution in [0.2, 0.25) is 5.02 Å². The Hall–Kier alpha value is -1.89. The summed E-state index contributed by atoms with van der Waals surface area (Å²) in [5.74, 6) is 0.384. The van der Waals surface area contributed by atoms with E-state index >= 15 is 0 Å². The molecule has 0 aliphatic heterocycles. The van der Waals surface area contributed by atoms with Gasteiger partial charge < -0.3 is 9.47 Å². The van der Waals surface area contributed by atoms with Crippen molar-refractivity contribution < 1.29 is 14.3 Å². The highest BCUT2D eigenvalue weighted by Crippen LogP contribution is 2.28. The Labute approximate surface area is 175 Å². The number of rotatable bonds is 7. The van der Waals surface area contributed by atoms with Crippen LogP contribution in [0.1, 0.15) is 33.5 Å². The van der Waals surface area contributed by atoms with E-state index in [2.05, 4.69) is 20.9 Å². The summed E-state index contributed by atoms with van der Waals surface area (Å²) in [5.41, 5.74) is 2.37. The lowest BCUT2D eigenvalue weighted by Gasteiger charge is -2.11. The van der Waals surface area contributed by atoms with E-state index in [9.17, 15) is 4.79 Å². The zero-order valence-electron chi connectivity index (χ0n) is 14.6. The van der Waals surface area contributed by atoms with Crippen molar-refractivity contribution in [3.05, 3.63) is 79.2 Å². The first-order valence-corrected chi connectivity index (χ1v) is 10.4. The first-order chi connectivity index (χ1) is 13.0. The van der Waals surface area contributed by atoms with Crippen LogP contribution in [-0.2, 0) is 17.8 Å². The van der Waals surface area contributed by atoms with Crippen LogP contribution < -0.4 is 4.74 Å². The smallest absolute Gasteiger partial charge is 0.357 e. The number of thiazole rings is 1. The first kappa shape index (κ1) is 19.9. The molecule has 0 unspecified atom stereocenters.